The Kier molecular flexibility index (Phi) is 5.81. The molecule has 0 aromatic rings. The monoisotopic (exact) mass is 288 g/mol. The highest BCUT2D eigenvalue weighted by Gasteiger charge is 2.26. The molecular formula is C11H16N2O5S. The van der Waals surface area contributed by atoms with Crippen LogP contribution in [0.1, 0.15) is 19.8 Å². The van der Waals surface area contributed by atoms with E-state index in [1.54, 1.807) is 0 Å². The third-order valence-corrected chi connectivity index (χ3v) is 3.58. The molecule has 1 heterocycles. The molecule has 8 heteroatoms. The van der Waals surface area contributed by atoms with Crippen LogP contribution in [0.25, 0.3) is 0 Å². The zero-order chi connectivity index (χ0) is 14.4. The molecular weight excluding hydrogens is 272 g/mol. The van der Waals surface area contributed by atoms with Crippen molar-refractivity contribution in [3.05, 3.63) is 0 Å². The number of amides is 3. The molecule has 0 aliphatic carbocycles. The first-order valence-corrected chi connectivity index (χ1v) is 6.98. The molecule has 7 nitrogen and oxygen atoms in total. The largest absolute Gasteiger partial charge is 0.480 e. The predicted octanol–water partition coefficient (Wildman–Crippen LogP) is -0.542. The van der Waals surface area contributed by atoms with Gasteiger partial charge in [0.2, 0.25) is 17.7 Å². The molecule has 1 saturated heterocycles. The maximum Gasteiger partial charge on any atom is 0.327 e. The van der Waals surface area contributed by atoms with Crippen LogP contribution >= 0.6 is 11.8 Å². The van der Waals surface area contributed by atoms with Gasteiger partial charge in [-0.05, 0) is 6.42 Å². The molecule has 1 atom stereocenters. The summed E-state index contributed by atoms with van der Waals surface area (Å²) in [5.74, 6) is -1.94. The molecule has 0 aromatic carbocycles. The van der Waals surface area contributed by atoms with Crippen molar-refractivity contribution in [2.75, 3.05) is 18.1 Å². The number of carbonyl (C=O) groups is 4. The van der Waals surface area contributed by atoms with E-state index in [4.69, 9.17) is 5.11 Å². The molecule has 0 saturated carbocycles. The summed E-state index contributed by atoms with van der Waals surface area (Å²) in [5, 5.41) is 11.1. The second-order valence-electron chi connectivity index (χ2n) is 4.15. The molecule has 1 aliphatic rings. The number of aliphatic carboxylic acids is 1. The number of nitrogens with one attached hydrogen (secondary N) is 1. The van der Waals surface area contributed by atoms with Gasteiger partial charge in [0.15, 0.2) is 0 Å². The third-order valence-electron chi connectivity index (χ3n) is 2.56. The number of likely N-dealkylation sites (tertiary alicyclic amines) is 1. The van der Waals surface area contributed by atoms with Gasteiger partial charge in [-0.25, -0.2) is 4.79 Å². The van der Waals surface area contributed by atoms with Crippen molar-refractivity contribution in [1.29, 1.82) is 0 Å². The van der Waals surface area contributed by atoms with E-state index >= 15 is 0 Å². The number of carbonyl (C=O) groups excluding carboxylic acids is 3. The van der Waals surface area contributed by atoms with Crippen molar-refractivity contribution in [3.63, 3.8) is 0 Å². The SMILES string of the molecule is CC(=O)N[C@@H](CSCC(=O)N1CCCC1=O)C(=O)O. The lowest BCUT2D eigenvalue weighted by Crippen LogP contribution is -2.42. The molecule has 0 radical (unpaired) electrons. The summed E-state index contributed by atoms with van der Waals surface area (Å²) in [7, 11) is 0. The Labute approximate surface area is 114 Å². The molecule has 0 bridgehead atoms. The van der Waals surface area contributed by atoms with Gasteiger partial charge in [-0.15, -0.1) is 11.8 Å². The molecule has 106 valence electrons. The fraction of sp³-hybridized carbons (Fsp3) is 0.636. The highest BCUT2D eigenvalue weighted by molar-refractivity contribution is 8.00. The van der Waals surface area contributed by atoms with Gasteiger partial charge in [-0.1, -0.05) is 0 Å². The third kappa shape index (κ3) is 4.90. The van der Waals surface area contributed by atoms with Crippen LogP contribution in [0, 0.1) is 0 Å². The fourth-order valence-electron chi connectivity index (χ4n) is 1.67. The maximum absolute atomic E-state index is 11.7. The summed E-state index contributed by atoms with van der Waals surface area (Å²) in [6.07, 6.45) is 1.07. The van der Waals surface area contributed by atoms with E-state index < -0.39 is 17.9 Å². The summed E-state index contributed by atoms with van der Waals surface area (Å²) in [5.41, 5.74) is 0. The molecule has 0 unspecified atom stereocenters. The van der Waals surface area contributed by atoms with Crippen LogP contribution in [0.3, 0.4) is 0 Å². The molecule has 0 spiro atoms. The van der Waals surface area contributed by atoms with Gasteiger partial charge in [-0.3, -0.25) is 19.3 Å². The topological polar surface area (TPSA) is 104 Å². The van der Waals surface area contributed by atoms with Crippen molar-refractivity contribution in [3.8, 4) is 0 Å². The summed E-state index contributed by atoms with van der Waals surface area (Å²) in [6.45, 7) is 1.67. The van der Waals surface area contributed by atoms with Gasteiger partial charge >= 0.3 is 5.97 Å². The average Bonchev–Trinajstić information content (AvgIpc) is 2.73. The summed E-state index contributed by atoms with van der Waals surface area (Å²) in [6, 6.07) is -1.02. The molecule has 0 aromatic heterocycles. The summed E-state index contributed by atoms with van der Waals surface area (Å²) < 4.78 is 0. The first-order valence-electron chi connectivity index (χ1n) is 5.82. The number of carboxylic acids is 1. The van der Waals surface area contributed by atoms with E-state index in [9.17, 15) is 19.2 Å². The van der Waals surface area contributed by atoms with Gasteiger partial charge in [0.05, 0.1) is 5.75 Å². The van der Waals surface area contributed by atoms with E-state index in [1.165, 1.54) is 11.8 Å². The standard InChI is InChI=1S/C11H16N2O5S/c1-7(14)12-8(11(17)18)5-19-6-10(16)13-4-2-3-9(13)15/h8H,2-6H2,1H3,(H,12,14)(H,17,18)/t8-/m0/s1. The van der Waals surface area contributed by atoms with Crippen molar-refractivity contribution in [2.45, 2.75) is 25.8 Å². The lowest BCUT2D eigenvalue weighted by molar-refractivity contribution is -0.141. The van der Waals surface area contributed by atoms with E-state index in [-0.39, 0.29) is 23.3 Å². The molecule has 1 fully saturated rings. The number of hydrogen-bond donors (Lipinski definition) is 2. The number of thioether (sulfide) groups is 1. The van der Waals surface area contributed by atoms with Crippen LogP contribution in [-0.4, -0.2) is 57.8 Å². The van der Waals surface area contributed by atoms with E-state index in [2.05, 4.69) is 5.32 Å². The zero-order valence-corrected chi connectivity index (χ0v) is 11.4. The number of imide groups is 1. The number of rotatable bonds is 6. The van der Waals surface area contributed by atoms with Gasteiger partial charge in [0, 0.05) is 25.6 Å². The van der Waals surface area contributed by atoms with Crippen LogP contribution in [0.15, 0.2) is 0 Å². The number of hydrogen-bond acceptors (Lipinski definition) is 5. The Morgan fingerprint density at radius 3 is 2.63 bits per heavy atom. The minimum Gasteiger partial charge on any atom is -0.480 e. The Morgan fingerprint density at radius 2 is 2.16 bits per heavy atom. The van der Waals surface area contributed by atoms with Crippen LogP contribution in [0.2, 0.25) is 0 Å². The second-order valence-corrected chi connectivity index (χ2v) is 5.18. The van der Waals surface area contributed by atoms with Crippen LogP contribution < -0.4 is 5.32 Å². The van der Waals surface area contributed by atoms with E-state index in [0.29, 0.717) is 19.4 Å². The fourth-order valence-corrected chi connectivity index (χ4v) is 2.58. The quantitative estimate of drug-likeness (QED) is 0.680. The second kappa shape index (κ2) is 7.13. The molecule has 19 heavy (non-hydrogen) atoms. The molecule has 1 aliphatic heterocycles. The first kappa shape index (κ1) is 15.5. The average molecular weight is 288 g/mol. The minimum atomic E-state index is -1.15. The van der Waals surface area contributed by atoms with Crippen LogP contribution in [0.4, 0.5) is 0 Å². The van der Waals surface area contributed by atoms with Crippen molar-refractivity contribution >= 4 is 35.5 Å². The van der Waals surface area contributed by atoms with Crippen molar-refractivity contribution < 1.29 is 24.3 Å². The normalized spacial score (nSPS) is 16.3. The van der Waals surface area contributed by atoms with Crippen LogP contribution in [-0.2, 0) is 19.2 Å². The molecule has 3 amide bonds. The predicted molar refractivity (Wildman–Crippen MR) is 68.5 cm³/mol. The lowest BCUT2D eigenvalue weighted by Gasteiger charge is -2.15. The smallest absolute Gasteiger partial charge is 0.327 e. The van der Waals surface area contributed by atoms with Crippen molar-refractivity contribution in [1.82, 2.24) is 10.2 Å². The maximum atomic E-state index is 11.7. The lowest BCUT2D eigenvalue weighted by atomic mass is 10.3. The Bertz CT molecular complexity index is 399. The van der Waals surface area contributed by atoms with Crippen molar-refractivity contribution in [2.24, 2.45) is 0 Å². The van der Waals surface area contributed by atoms with Crippen LogP contribution in [0.5, 0.6) is 0 Å². The van der Waals surface area contributed by atoms with E-state index in [0.717, 1.165) is 11.8 Å². The Balaban J connectivity index is 2.35. The number of nitrogens with zero attached hydrogens (tertiary/aromatic N) is 1. The van der Waals surface area contributed by atoms with Gasteiger partial charge in [0.1, 0.15) is 6.04 Å². The highest BCUT2D eigenvalue weighted by atomic mass is 32.2. The Hall–Kier alpha value is -1.57. The summed E-state index contributed by atoms with van der Waals surface area (Å²) >= 11 is 1.09. The van der Waals surface area contributed by atoms with Gasteiger partial charge in [0.25, 0.3) is 0 Å². The van der Waals surface area contributed by atoms with Gasteiger partial charge < -0.3 is 10.4 Å². The molecule has 2 N–H and O–H groups in total. The minimum absolute atomic E-state index is 0.0368. The first-order chi connectivity index (χ1) is 8.91. The Morgan fingerprint density at radius 1 is 1.47 bits per heavy atom. The molecule has 1 rings (SSSR count). The number of carboxylic acid groups (broad SMARTS) is 1. The summed E-state index contributed by atoms with van der Waals surface area (Å²) in [4.78, 5) is 45.8. The van der Waals surface area contributed by atoms with E-state index in [1.807, 2.05) is 0 Å². The zero-order valence-electron chi connectivity index (χ0n) is 10.5. The highest BCUT2D eigenvalue weighted by Crippen LogP contribution is 2.13. The van der Waals surface area contributed by atoms with Gasteiger partial charge in [-0.2, -0.15) is 0 Å².